The minimum Gasteiger partial charge on any atom is -0.462 e. The van der Waals surface area contributed by atoms with Crippen LogP contribution in [0.3, 0.4) is 0 Å². The number of carbonyl (C=O) groups is 5. The lowest BCUT2D eigenvalue weighted by Crippen LogP contribution is -2.66. The lowest BCUT2D eigenvalue weighted by atomic mass is 9.83. The molecule has 0 saturated carbocycles. The first-order valence-corrected chi connectivity index (χ1v) is 20.7. The number of aliphatic hydroxyl groups excluding tert-OH is 1. The number of aldehydes is 1. The van der Waals surface area contributed by atoms with E-state index in [9.17, 15) is 34.2 Å². The van der Waals surface area contributed by atoms with Crippen LogP contribution in [-0.2, 0) is 66.6 Å². The molecule has 4 heterocycles. The highest BCUT2D eigenvalue weighted by molar-refractivity contribution is 5.91. The van der Waals surface area contributed by atoms with Crippen LogP contribution in [0.2, 0.25) is 0 Å². The van der Waals surface area contributed by atoms with Gasteiger partial charge in [0, 0.05) is 45.6 Å². The van der Waals surface area contributed by atoms with E-state index in [1.165, 1.54) is 20.1 Å². The fraction of sp³-hybridized carbons (Fsp3) is 0.833. The SMILES string of the molecule is CO[C@@H]1[C@@H](O[C@@H]2O[C@H](C)[C@@H](O[C@H]3C[C@@](C)(O)[C@@H](OC(=O)CC(C)C)[C@H](C)O3)[C@H](N(C)C)[C@H]2O)[C@@H](CC=O)C[C@@H](C)C(=O)/C=C\C2OC2C[C@@H](C)OC(=O)C[C@H]1OC(C)=O. The highest BCUT2D eigenvalue weighted by Gasteiger charge is 2.53. The van der Waals surface area contributed by atoms with E-state index in [1.54, 1.807) is 59.7 Å². The number of nitrogens with zero attached hydrogens (tertiary/aromatic N) is 1. The fourth-order valence-corrected chi connectivity index (χ4v) is 8.51. The number of likely N-dealkylation sites (N-methyl/N-ethyl adjacent to an activating group) is 1. The van der Waals surface area contributed by atoms with E-state index in [0.29, 0.717) is 12.7 Å². The summed E-state index contributed by atoms with van der Waals surface area (Å²) in [5, 5.41) is 23.5. The Kier molecular flexibility index (Phi) is 17.6. The first kappa shape index (κ1) is 48.8. The number of ether oxygens (including phenoxy) is 9. The lowest BCUT2D eigenvalue weighted by Gasteiger charge is -2.50. The fourth-order valence-electron chi connectivity index (χ4n) is 8.51. The molecule has 3 saturated heterocycles. The molecular formula is C42H67NO16. The number of carbonyl (C=O) groups excluding carboxylic acids is 5. The number of hydrogen-bond acceptors (Lipinski definition) is 17. The largest absolute Gasteiger partial charge is 0.462 e. The summed E-state index contributed by atoms with van der Waals surface area (Å²) in [6.45, 7) is 13.4. The molecule has 0 aliphatic carbocycles. The number of esters is 3. The highest BCUT2D eigenvalue weighted by atomic mass is 16.7. The van der Waals surface area contributed by atoms with Crippen molar-refractivity contribution in [2.75, 3.05) is 21.2 Å². The maximum Gasteiger partial charge on any atom is 0.309 e. The third-order valence-corrected chi connectivity index (χ3v) is 11.4. The highest BCUT2D eigenvalue weighted by Crippen LogP contribution is 2.38. The normalized spacial score (nSPS) is 41.7. The molecular weight excluding hydrogens is 774 g/mol. The molecule has 0 aromatic rings. The van der Waals surface area contributed by atoms with Gasteiger partial charge in [0.2, 0.25) is 0 Å². The molecule has 17 heteroatoms. The summed E-state index contributed by atoms with van der Waals surface area (Å²) in [4.78, 5) is 65.8. The van der Waals surface area contributed by atoms with Gasteiger partial charge in [-0.1, -0.05) is 20.8 Å². The number of fused-ring (bicyclic) bond motifs is 1. The molecule has 0 aromatic carbocycles. The Hall–Kier alpha value is -2.87. The molecule has 17 atom stereocenters. The van der Waals surface area contributed by atoms with Gasteiger partial charge in [0.25, 0.3) is 0 Å². The Morgan fingerprint density at radius 2 is 1.69 bits per heavy atom. The second kappa shape index (κ2) is 21.3. The molecule has 59 heavy (non-hydrogen) atoms. The van der Waals surface area contributed by atoms with E-state index < -0.39 is 115 Å². The molecule has 0 aromatic heterocycles. The van der Waals surface area contributed by atoms with Crippen LogP contribution >= 0.6 is 0 Å². The van der Waals surface area contributed by atoms with Gasteiger partial charge in [-0.3, -0.25) is 19.2 Å². The smallest absolute Gasteiger partial charge is 0.309 e. The molecule has 4 rings (SSSR count). The standard InChI is InChI=1S/C42H67NO16/c1-21(2)16-32(47)57-40-25(6)53-34(20-42(40,8)50)58-37-24(5)54-41(36(49)35(37)43(9)10)59-38-27(14-15-44)17-22(3)28(46)12-13-29-30(56-29)18-23(4)52-33(48)19-31(39(38)51-11)55-26(7)45/h12-13,15,21-25,27,29-31,34-41,49-50H,14,16-20H2,1-11H3/b13-12-/t22-,23-,24-,25+,27+,29?,30?,31-,34+,35-,36-,37-,38+,39+,40+,41+,42-/m1/s1. The van der Waals surface area contributed by atoms with Crippen LogP contribution in [-0.4, -0.2) is 158 Å². The van der Waals surface area contributed by atoms with E-state index in [1.807, 2.05) is 13.8 Å². The summed E-state index contributed by atoms with van der Waals surface area (Å²) in [6, 6.07) is -0.800. The number of cyclic esters (lactones) is 1. The first-order chi connectivity index (χ1) is 27.6. The van der Waals surface area contributed by atoms with Gasteiger partial charge in [-0.2, -0.15) is 0 Å². The molecule has 0 radical (unpaired) electrons. The summed E-state index contributed by atoms with van der Waals surface area (Å²) >= 11 is 0. The Labute approximate surface area is 347 Å². The van der Waals surface area contributed by atoms with Gasteiger partial charge in [-0.25, -0.2) is 0 Å². The summed E-state index contributed by atoms with van der Waals surface area (Å²) in [7, 11) is 4.82. The van der Waals surface area contributed by atoms with Gasteiger partial charge < -0.3 is 62.5 Å². The van der Waals surface area contributed by atoms with Crippen molar-refractivity contribution in [1.82, 2.24) is 4.90 Å². The molecule has 3 fully saturated rings. The van der Waals surface area contributed by atoms with Crippen molar-refractivity contribution in [1.29, 1.82) is 0 Å². The zero-order chi connectivity index (χ0) is 43.9. The van der Waals surface area contributed by atoms with Gasteiger partial charge in [0.1, 0.15) is 48.5 Å². The van der Waals surface area contributed by atoms with Crippen LogP contribution in [0.4, 0.5) is 0 Å². The van der Waals surface area contributed by atoms with Crippen LogP contribution in [0.15, 0.2) is 12.2 Å². The maximum atomic E-state index is 13.4. The average molecular weight is 842 g/mol. The monoisotopic (exact) mass is 841 g/mol. The Morgan fingerprint density at radius 3 is 2.29 bits per heavy atom. The average Bonchev–Trinajstić information content (AvgIpc) is 3.85. The van der Waals surface area contributed by atoms with Crippen LogP contribution in [0.25, 0.3) is 0 Å². The van der Waals surface area contributed by atoms with Crippen molar-refractivity contribution < 1.29 is 76.8 Å². The van der Waals surface area contributed by atoms with E-state index in [-0.39, 0.29) is 49.6 Å². The third kappa shape index (κ3) is 13.3. The topological polar surface area (TPSA) is 215 Å². The second-order valence-electron chi connectivity index (χ2n) is 17.5. The van der Waals surface area contributed by atoms with Gasteiger partial charge in [0.05, 0.1) is 36.9 Å². The molecule has 4 aliphatic heterocycles. The van der Waals surface area contributed by atoms with Crippen LogP contribution in [0.1, 0.15) is 93.9 Å². The summed E-state index contributed by atoms with van der Waals surface area (Å²) in [6.07, 6.45) is -7.99. The predicted molar refractivity (Wildman–Crippen MR) is 208 cm³/mol. The number of methoxy groups -OCH3 is 1. The van der Waals surface area contributed by atoms with Crippen molar-refractivity contribution in [2.24, 2.45) is 17.8 Å². The van der Waals surface area contributed by atoms with E-state index in [0.717, 1.165) is 0 Å². The Bertz CT molecular complexity index is 1470. The lowest BCUT2D eigenvalue weighted by molar-refractivity contribution is -0.344. The van der Waals surface area contributed by atoms with Crippen molar-refractivity contribution >= 4 is 30.0 Å². The van der Waals surface area contributed by atoms with Crippen LogP contribution < -0.4 is 0 Å². The van der Waals surface area contributed by atoms with Crippen molar-refractivity contribution in [3.05, 3.63) is 12.2 Å². The minimum absolute atomic E-state index is 0.0551. The Morgan fingerprint density at radius 1 is 1.00 bits per heavy atom. The third-order valence-electron chi connectivity index (χ3n) is 11.4. The van der Waals surface area contributed by atoms with Gasteiger partial charge in [-0.05, 0) is 72.2 Å². The Balaban J connectivity index is 1.64. The summed E-state index contributed by atoms with van der Waals surface area (Å²) in [5.41, 5.74) is -1.51. The number of hydrogen-bond donors (Lipinski definition) is 2. The van der Waals surface area contributed by atoms with Gasteiger partial charge >= 0.3 is 17.9 Å². The van der Waals surface area contributed by atoms with Gasteiger partial charge in [0.15, 0.2) is 24.5 Å². The van der Waals surface area contributed by atoms with Crippen LogP contribution in [0.5, 0.6) is 0 Å². The maximum absolute atomic E-state index is 13.4. The molecule has 2 unspecified atom stereocenters. The quantitative estimate of drug-likeness (QED) is 0.125. The van der Waals surface area contributed by atoms with Crippen molar-refractivity contribution in [2.45, 2.75) is 185 Å². The molecule has 336 valence electrons. The number of aliphatic hydroxyl groups is 2. The molecule has 2 N–H and O–H groups in total. The predicted octanol–water partition coefficient (Wildman–Crippen LogP) is 2.43. The molecule has 0 amide bonds. The molecule has 0 bridgehead atoms. The van der Waals surface area contributed by atoms with E-state index >= 15 is 0 Å². The van der Waals surface area contributed by atoms with Crippen molar-refractivity contribution in [3.63, 3.8) is 0 Å². The number of allylic oxidation sites excluding steroid dienone is 1. The molecule has 0 spiro atoms. The number of ketones is 1. The molecule has 17 nitrogen and oxygen atoms in total. The van der Waals surface area contributed by atoms with Gasteiger partial charge in [-0.15, -0.1) is 0 Å². The summed E-state index contributed by atoms with van der Waals surface area (Å²) < 4.78 is 54.2. The van der Waals surface area contributed by atoms with Crippen molar-refractivity contribution in [3.8, 4) is 0 Å². The van der Waals surface area contributed by atoms with E-state index in [4.69, 9.17) is 42.6 Å². The van der Waals surface area contributed by atoms with E-state index in [2.05, 4.69) is 0 Å². The minimum atomic E-state index is -1.51. The number of rotatable bonds is 12. The summed E-state index contributed by atoms with van der Waals surface area (Å²) in [5.74, 6) is -3.35. The second-order valence-corrected chi connectivity index (χ2v) is 17.5. The first-order valence-electron chi connectivity index (χ1n) is 20.7. The van der Waals surface area contributed by atoms with Crippen LogP contribution in [0, 0.1) is 17.8 Å². The number of epoxide rings is 1. The zero-order valence-corrected chi connectivity index (χ0v) is 36.3. The molecule has 4 aliphatic rings. The zero-order valence-electron chi connectivity index (χ0n) is 36.3.